The lowest BCUT2D eigenvalue weighted by atomic mass is 10.2. The molecule has 1 aromatic carbocycles. The Bertz CT molecular complexity index is 329. The summed E-state index contributed by atoms with van der Waals surface area (Å²) >= 11 is 3.09. The van der Waals surface area contributed by atoms with Gasteiger partial charge in [-0.2, -0.15) is 0 Å². The lowest BCUT2D eigenvalue weighted by molar-refractivity contribution is 1.06. The first-order valence-electron chi connectivity index (χ1n) is 4.45. The van der Waals surface area contributed by atoms with E-state index in [-0.39, 0.29) is 43.1 Å². The molecule has 56 valence electrons. The molecule has 0 atom stereocenters. The third-order valence-corrected chi connectivity index (χ3v) is 1.59. The Morgan fingerprint density at radius 1 is 1.50 bits per heavy atom. The van der Waals surface area contributed by atoms with Gasteiger partial charge < -0.3 is 5.73 Å². The second kappa shape index (κ2) is 4.72. The molecule has 0 aromatic heterocycles. The van der Waals surface area contributed by atoms with E-state index in [1.165, 1.54) is 0 Å². The number of halogens is 2. The third kappa shape index (κ3) is 2.29. The fraction of sp³-hybridized carbons (Fsp3) is 0.143. The average molecular weight is 227 g/mol. The van der Waals surface area contributed by atoms with Crippen LogP contribution in [0.3, 0.4) is 0 Å². The zero-order valence-electron chi connectivity index (χ0n) is 9.07. The van der Waals surface area contributed by atoms with Crippen molar-refractivity contribution in [2.24, 2.45) is 5.73 Å². The zero-order chi connectivity index (χ0) is 10.2. The van der Waals surface area contributed by atoms with E-state index in [4.69, 9.17) is 11.2 Å². The molecule has 0 saturated carbocycles. The van der Waals surface area contributed by atoms with E-state index >= 15 is 0 Å². The van der Waals surface area contributed by atoms with Crippen molar-refractivity contribution in [3.63, 3.8) is 0 Å². The van der Waals surface area contributed by atoms with Crippen molar-refractivity contribution in [2.45, 2.75) is 6.54 Å². The predicted molar refractivity (Wildman–Crippen MR) is 49.3 cm³/mol. The highest BCUT2D eigenvalue weighted by atomic mass is 79.9. The van der Waals surface area contributed by atoms with Crippen LogP contribution in [-0.4, -0.2) is 0 Å². The van der Waals surface area contributed by atoms with Crippen molar-refractivity contribution in [1.82, 2.24) is 0 Å². The second-order valence-corrected chi connectivity index (χ2v) is 2.29. The molecule has 1 rings (SSSR count). The van der Waals surface area contributed by atoms with Crippen LogP contribution in [0.5, 0.6) is 0 Å². The van der Waals surface area contributed by atoms with E-state index in [9.17, 15) is 0 Å². The first-order chi connectivity index (χ1) is 6.00. The van der Waals surface area contributed by atoms with Crippen molar-refractivity contribution in [3.8, 4) is 0 Å². The molecule has 0 unspecified atom stereocenters. The SMILES string of the molecule is Cl.[2H]c1c([2H])c([2H])c(CN)c(Br)c1[2H]. The Labute approximate surface area is 80.8 Å². The fourth-order valence-corrected chi connectivity index (χ4v) is 0.824. The summed E-state index contributed by atoms with van der Waals surface area (Å²) in [6.45, 7) is 0.0947. The molecule has 0 spiro atoms. The lowest BCUT2D eigenvalue weighted by Gasteiger charge is -1.96. The van der Waals surface area contributed by atoms with Gasteiger partial charge in [-0.05, 0) is 11.6 Å². The molecule has 0 bridgehead atoms. The van der Waals surface area contributed by atoms with Crippen LogP contribution in [0.4, 0.5) is 0 Å². The van der Waals surface area contributed by atoms with E-state index < -0.39 is 0 Å². The monoisotopic (exact) mass is 225 g/mol. The number of rotatable bonds is 1. The number of hydrogen-bond acceptors (Lipinski definition) is 1. The summed E-state index contributed by atoms with van der Waals surface area (Å²) in [5.74, 6) is 0. The highest BCUT2D eigenvalue weighted by Gasteiger charge is 1.91. The van der Waals surface area contributed by atoms with Gasteiger partial charge in [0.05, 0.1) is 5.48 Å². The molecule has 1 nitrogen and oxygen atoms in total. The van der Waals surface area contributed by atoms with Crippen LogP contribution in [0.2, 0.25) is 0 Å². The van der Waals surface area contributed by atoms with Gasteiger partial charge in [-0.1, -0.05) is 34.1 Å². The highest BCUT2D eigenvalue weighted by Crippen LogP contribution is 2.14. The normalized spacial score (nSPS) is 14.2. The van der Waals surface area contributed by atoms with Gasteiger partial charge in [0, 0.05) is 11.0 Å². The predicted octanol–water partition coefficient (Wildman–Crippen LogP) is 2.33. The third-order valence-electron chi connectivity index (χ3n) is 0.917. The topological polar surface area (TPSA) is 26.0 Å². The summed E-state index contributed by atoms with van der Waals surface area (Å²) in [6, 6.07) is -0.639. The maximum atomic E-state index is 7.47. The van der Waals surface area contributed by atoms with Crippen molar-refractivity contribution in [3.05, 3.63) is 34.2 Å². The quantitative estimate of drug-likeness (QED) is 0.781. The van der Waals surface area contributed by atoms with Gasteiger partial charge in [0.1, 0.15) is 0 Å². The Hall–Kier alpha value is -0.0500. The van der Waals surface area contributed by atoms with Crippen LogP contribution in [-0.2, 0) is 6.54 Å². The van der Waals surface area contributed by atoms with Gasteiger partial charge in [-0.3, -0.25) is 0 Å². The maximum absolute atomic E-state index is 7.47. The first-order valence-corrected chi connectivity index (χ1v) is 3.24. The molecule has 2 N–H and O–H groups in total. The van der Waals surface area contributed by atoms with Crippen LogP contribution in [0.1, 0.15) is 11.0 Å². The summed E-state index contributed by atoms with van der Waals surface area (Å²) in [5.41, 5.74) is 5.77. The molecule has 0 aliphatic heterocycles. The van der Waals surface area contributed by atoms with Gasteiger partial charge in [0.2, 0.25) is 0 Å². The molecule has 0 aliphatic rings. The Kier molecular flexibility index (Phi) is 2.24. The van der Waals surface area contributed by atoms with Gasteiger partial charge in [-0.25, -0.2) is 0 Å². The van der Waals surface area contributed by atoms with E-state index in [1.54, 1.807) is 0 Å². The molecule has 0 radical (unpaired) electrons. The molecule has 0 fully saturated rings. The first kappa shape index (κ1) is 4.75. The summed E-state index contributed by atoms with van der Waals surface area (Å²) in [5, 5.41) is 0. The Morgan fingerprint density at radius 3 is 2.70 bits per heavy atom. The molecular weight excluding hydrogens is 213 g/mol. The standard InChI is InChI=1S/C7H8BrN.ClH/c8-7-4-2-1-3-6(7)5-9;/h1-4H,5,9H2;1H/i1D,2D,3D,4D;. The van der Waals surface area contributed by atoms with Crippen molar-refractivity contribution in [2.75, 3.05) is 0 Å². The number of nitrogens with two attached hydrogens (primary N) is 1. The summed E-state index contributed by atoms with van der Waals surface area (Å²) in [7, 11) is 0. The molecule has 1 aromatic rings. The van der Waals surface area contributed by atoms with Crippen LogP contribution < -0.4 is 5.73 Å². The van der Waals surface area contributed by atoms with Crippen molar-refractivity contribution in [1.29, 1.82) is 0 Å². The van der Waals surface area contributed by atoms with Crippen molar-refractivity contribution < 1.29 is 5.48 Å². The van der Waals surface area contributed by atoms with E-state index in [0.717, 1.165) is 0 Å². The summed E-state index contributed by atoms with van der Waals surface area (Å²) < 4.78 is 29.9. The smallest absolute Gasteiger partial charge is 0.0635 e. The number of benzene rings is 1. The Balaban J connectivity index is 0.00000169. The van der Waals surface area contributed by atoms with Crippen LogP contribution in [0.25, 0.3) is 0 Å². The van der Waals surface area contributed by atoms with E-state index in [0.29, 0.717) is 10.0 Å². The van der Waals surface area contributed by atoms with Gasteiger partial charge in [0.15, 0.2) is 0 Å². The van der Waals surface area contributed by atoms with Crippen LogP contribution >= 0.6 is 28.3 Å². The largest absolute Gasteiger partial charge is 0.326 e. The maximum Gasteiger partial charge on any atom is 0.0635 e. The molecule has 0 aliphatic carbocycles. The zero-order valence-corrected chi connectivity index (χ0v) is 7.47. The molecule has 3 heteroatoms. The minimum absolute atomic E-state index is 0. The molecule has 0 saturated heterocycles. The summed E-state index contributed by atoms with van der Waals surface area (Å²) in [4.78, 5) is 0. The van der Waals surface area contributed by atoms with E-state index in [1.807, 2.05) is 0 Å². The van der Waals surface area contributed by atoms with Crippen LogP contribution in [0, 0.1) is 0 Å². The molecule has 0 heterocycles. The molecule has 10 heavy (non-hydrogen) atoms. The minimum Gasteiger partial charge on any atom is -0.326 e. The lowest BCUT2D eigenvalue weighted by Crippen LogP contribution is -1.95. The Morgan fingerprint density at radius 2 is 2.10 bits per heavy atom. The fourth-order valence-electron chi connectivity index (χ4n) is 0.464. The number of hydrogen-bond donors (Lipinski definition) is 1. The summed E-state index contributed by atoms with van der Waals surface area (Å²) in [6.07, 6.45) is 0. The van der Waals surface area contributed by atoms with Gasteiger partial charge in [-0.15, -0.1) is 12.4 Å². The molecular formula is C7H9BrClN. The van der Waals surface area contributed by atoms with E-state index in [2.05, 4.69) is 15.9 Å². The van der Waals surface area contributed by atoms with Crippen molar-refractivity contribution >= 4 is 28.3 Å². The highest BCUT2D eigenvalue weighted by molar-refractivity contribution is 9.10. The average Bonchev–Trinajstić information content (AvgIpc) is 2.13. The van der Waals surface area contributed by atoms with Gasteiger partial charge >= 0.3 is 0 Å². The minimum atomic E-state index is -0.242. The van der Waals surface area contributed by atoms with Crippen LogP contribution in [0.15, 0.2) is 28.6 Å². The van der Waals surface area contributed by atoms with Gasteiger partial charge in [0.25, 0.3) is 0 Å². The molecule has 0 amide bonds. The second-order valence-electron chi connectivity index (χ2n) is 1.50.